The maximum absolute atomic E-state index is 11.9. The molecule has 1 atom stereocenters. The highest BCUT2D eigenvalue weighted by Crippen LogP contribution is 2.40. The lowest BCUT2D eigenvalue weighted by atomic mass is 9.94. The lowest BCUT2D eigenvalue weighted by Crippen LogP contribution is -2.27. The van der Waals surface area contributed by atoms with Crippen LogP contribution in [0, 0.1) is 0 Å². The minimum absolute atomic E-state index is 0.335. The number of nitrogens with zero attached hydrogens (tertiary/aromatic N) is 1. The molecule has 1 unspecified atom stereocenters. The first-order chi connectivity index (χ1) is 11.1. The summed E-state index contributed by atoms with van der Waals surface area (Å²) in [7, 11) is 4.67. The highest BCUT2D eigenvalue weighted by molar-refractivity contribution is 5.82. The highest BCUT2D eigenvalue weighted by atomic mass is 16.5. The van der Waals surface area contributed by atoms with Crippen molar-refractivity contribution in [3.05, 3.63) is 17.7 Å². The zero-order valence-corrected chi connectivity index (χ0v) is 14.1. The number of methoxy groups -OCH3 is 3. The molecule has 6 nitrogen and oxygen atoms in total. The maximum atomic E-state index is 11.9. The zero-order valence-electron chi connectivity index (χ0n) is 14.1. The van der Waals surface area contributed by atoms with Crippen molar-refractivity contribution >= 4 is 5.91 Å². The van der Waals surface area contributed by atoms with Gasteiger partial charge in [-0.1, -0.05) is 0 Å². The first kappa shape index (κ1) is 17.4. The van der Waals surface area contributed by atoms with Crippen molar-refractivity contribution in [1.82, 2.24) is 4.90 Å². The summed E-state index contributed by atoms with van der Waals surface area (Å²) in [5.74, 6) is 0.882. The SMILES string of the molecule is COc1cc(C(CCN2CCCC2)C(N)=O)cc(OC)c1OC. The third-order valence-electron chi connectivity index (χ3n) is 4.37. The molecule has 1 saturated heterocycles. The fraction of sp³-hybridized carbons (Fsp3) is 0.588. The Hall–Kier alpha value is -1.95. The number of rotatable bonds is 8. The Morgan fingerprint density at radius 2 is 1.70 bits per heavy atom. The summed E-state index contributed by atoms with van der Waals surface area (Å²) in [5, 5.41) is 0. The second kappa shape index (κ2) is 8.06. The number of nitrogens with two attached hydrogens (primary N) is 1. The largest absolute Gasteiger partial charge is 0.493 e. The van der Waals surface area contributed by atoms with Crippen LogP contribution in [-0.4, -0.2) is 51.8 Å². The smallest absolute Gasteiger partial charge is 0.225 e. The van der Waals surface area contributed by atoms with Crippen molar-refractivity contribution in [2.24, 2.45) is 5.73 Å². The van der Waals surface area contributed by atoms with E-state index in [9.17, 15) is 4.79 Å². The van der Waals surface area contributed by atoms with Gasteiger partial charge in [0.15, 0.2) is 11.5 Å². The Morgan fingerprint density at radius 3 is 2.13 bits per heavy atom. The van der Waals surface area contributed by atoms with Crippen molar-refractivity contribution in [1.29, 1.82) is 0 Å². The van der Waals surface area contributed by atoms with Crippen LogP contribution in [0.25, 0.3) is 0 Å². The zero-order chi connectivity index (χ0) is 16.8. The standard InChI is InChI=1S/C17H26N2O4/c1-21-14-10-12(11-15(22-2)16(14)23-3)13(17(18)20)6-9-19-7-4-5-8-19/h10-11,13H,4-9H2,1-3H3,(H2,18,20). The molecule has 0 bridgehead atoms. The van der Waals surface area contributed by atoms with Crippen LogP contribution in [0.3, 0.4) is 0 Å². The number of primary amides is 1. The molecular weight excluding hydrogens is 296 g/mol. The fourth-order valence-electron chi connectivity index (χ4n) is 3.09. The number of amides is 1. The Morgan fingerprint density at radius 1 is 1.13 bits per heavy atom. The molecule has 1 aliphatic rings. The summed E-state index contributed by atoms with van der Waals surface area (Å²) in [6.45, 7) is 3.06. The van der Waals surface area contributed by atoms with Crippen molar-refractivity contribution < 1.29 is 19.0 Å². The molecule has 23 heavy (non-hydrogen) atoms. The van der Waals surface area contributed by atoms with Gasteiger partial charge in [-0.3, -0.25) is 4.79 Å². The molecule has 1 aliphatic heterocycles. The maximum Gasteiger partial charge on any atom is 0.225 e. The van der Waals surface area contributed by atoms with Gasteiger partial charge in [0.2, 0.25) is 11.7 Å². The van der Waals surface area contributed by atoms with Crippen LogP contribution in [0.2, 0.25) is 0 Å². The summed E-state index contributed by atoms with van der Waals surface area (Å²) >= 11 is 0. The number of likely N-dealkylation sites (tertiary alicyclic amines) is 1. The first-order valence-corrected chi connectivity index (χ1v) is 7.92. The topological polar surface area (TPSA) is 74.0 Å². The van der Waals surface area contributed by atoms with E-state index in [-0.39, 0.29) is 11.8 Å². The van der Waals surface area contributed by atoms with Gasteiger partial charge in [0, 0.05) is 0 Å². The van der Waals surface area contributed by atoms with E-state index in [1.807, 2.05) is 0 Å². The second-order valence-corrected chi connectivity index (χ2v) is 5.75. The molecule has 0 radical (unpaired) electrons. The van der Waals surface area contributed by atoms with Gasteiger partial charge in [0.1, 0.15) is 0 Å². The number of ether oxygens (including phenoxy) is 3. The quantitative estimate of drug-likeness (QED) is 0.789. The Balaban J connectivity index is 2.25. The van der Waals surface area contributed by atoms with E-state index >= 15 is 0 Å². The van der Waals surface area contributed by atoms with Crippen LogP contribution in [0.1, 0.15) is 30.7 Å². The van der Waals surface area contributed by atoms with Crippen LogP contribution < -0.4 is 19.9 Å². The van der Waals surface area contributed by atoms with Gasteiger partial charge in [0.25, 0.3) is 0 Å². The summed E-state index contributed by atoms with van der Waals surface area (Å²) in [4.78, 5) is 14.3. The summed E-state index contributed by atoms with van der Waals surface area (Å²) in [5.41, 5.74) is 6.43. The van der Waals surface area contributed by atoms with Gasteiger partial charge < -0.3 is 24.8 Å². The van der Waals surface area contributed by atoms with Gasteiger partial charge in [-0.15, -0.1) is 0 Å². The number of benzene rings is 1. The monoisotopic (exact) mass is 322 g/mol. The molecule has 1 aromatic carbocycles. The molecule has 1 fully saturated rings. The predicted octanol–water partition coefficient (Wildman–Crippen LogP) is 1.77. The van der Waals surface area contributed by atoms with E-state index in [2.05, 4.69) is 4.90 Å². The molecule has 0 aliphatic carbocycles. The summed E-state index contributed by atoms with van der Waals surface area (Å²) in [6, 6.07) is 3.61. The highest BCUT2D eigenvalue weighted by Gasteiger charge is 2.24. The molecule has 6 heteroatoms. The molecule has 2 rings (SSSR count). The Labute approximate surface area is 137 Å². The lowest BCUT2D eigenvalue weighted by molar-refractivity contribution is -0.119. The first-order valence-electron chi connectivity index (χ1n) is 7.92. The third kappa shape index (κ3) is 4.07. The molecule has 0 spiro atoms. The molecule has 1 amide bonds. The van der Waals surface area contributed by atoms with E-state index in [1.165, 1.54) is 12.8 Å². The van der Waals surface area contributed by atoms with E-state index in [0.29, 0.717) is 23.7 Å². The Bertz CT molecular complexity index is 516. The van der Waals surface area contributed by atoms with Gasteiger partial charge in [-0.05, 0) is 56.6 Å². The van der Waals surface area contributed by atoms with Crippen molar-refractivity contribution in [3.63, 3.8) is 0 Å². The predicted molar refractivity (Wildman–Crippen MR) is 88.3 cm³/mol. The van der Waals surface area contributed by atoms with Crippen molar-refractivity contribution in [2.45, 2.75) is 25.2 Å². The summed E-state index contributed by atoms with van der Waals surface area (Å²) in [6.07, 6.45) is 3.14. The van der Waals surface area contributed by atoms with Crippen LogP contribution in [0.5, 0.6) is 17.2 Å². The number of hydrogen-bond acceptors (Lipinski definition) is 5. The van der Waals surface area contributed by atoms with Crippen LogP contribution in [-0.2, 0) is 4.79 Å². The van der Waals surface area contributed by atoms with Crippen molar-refractivity contribution in [3.8, 4) is 17.2 Å². The van der Waals surface area contributed by atoms with Gasteiger partial charge in [0.05, 0.1) is 27.2 Å². The van der Waals surface area contributed by atoms with Crippen LogP contribution >= 0.6 is 0 Å². The molecule has 0 aromatic heterocycles. The van der Waals surface area contributed by atoms with Gasteiger partial charge in [-0.25, -0.2) is 0 Å². The van der Waals surface area contributed by atoms with Gasteiger partial charge in [-0.2, -0.15) is 0 Å². The van der Waals surface area contributed by atoms with E-state index in [1.54, 1.807) is 33.5 Å². The van der Waals surface area contributed by atoms with E-state index in [4.69, 9.17) is 19.9 Å². The van der Waals surface area contributed by atoms with E-state index in [0.717, 1.165) is 25.2 Å². The Kier molecular flexibility index (Phi) is 6.10. The number of carbonyl (C=O) groups excluding carboxylic acids is 1. The number of hydrogen-bond donors (Lipinski definition) is 1. The minimum Gasteiger partial charge on any atom is -0.493 e. The molecule has 0 saturated carbocycles. The molecule has 1 heterocycles. The average molecular weight is 322 g/mol. The van der Waals surface area contributed by atoms with Crippen LogP contribution in [0.4, 0.5) is 0 Å². The molecular formula is C17H26N2O4. The van der Waals surface area contributed by atoms with Crippen LogP contribution in [0.15, 0.2) is 12.1 Å². The summed E-state index contributed by atoms with van der Waals surface area (Å²) < 4.78 is 16.0. The molecule has 2 N–H and O–H groups in total. The molecule has 128 valence electrons. The van der Waals surface area contributed by atoms with E-state index < -0.39 is 0 Å². The third-order valence-corrected chi connectivity index (χ3v) is 4.37. The number of carbonyl (C=O) groups is 1. The normalized spacial score (nSPS) is 16.1. The van der Waals surface area contributed by atoms with Crippen molar-refractivity contribution in [2.75, 3.05) is 41.0 Å². The average Bonchev–Trinajstić information content (AvgIpc) is 3.07. The van der Waals surface area contributed by atoms with Gasteiger partial charge >= 0.3 is 0 Å². The lowest BCUT2D eigenvalue weighted by Gasteiger charge is -2.21. The molecule has 1 aromatic rings. The second-order valence-electron chi connectivity index (χ2n) is 5.75. The minimum atomic E-state index is -0.371. The fourth-order valence-corrected chi connectivity index (χ4v) is 3.09.